The summed E-state index contributed by atoms with van der Waals surface area (Å²) in [6, 6.07) is 13.1. The van der Waals surface area contributed by atoms with Crippen LogP contribution in [0.4, 0.5) is 10.1 Å². The second kappa shape index (κ2) is 8.60. The molecule has 1 heterocycles. The van der Waals surface area contributed by atoms with Crippen LogP contribution in [0.1, 0.15) is 5.56 Å². The number of benzene rings is 2. The zero-order chi connectivity index (χ0) is 21.0. The highest BCUT2D eigenvalue weighted by Gasteiger charge is 2.36. The molecule has 0 saturated carbocycles. The van der Waals surface area contributed by atoms with E-state index in [2.05, 4.69) is 5.16 Å². The third kappa shape index (κ3) is 4.13. The van der Waals surface area contributed by atoms with Crippen molar-refractivity contribution < 1.29 is 18.8 Å². The molecule has 0 aromatic heterocycles. The Morgan fingerprint density at radius 2 is 1.69 bits per heavy atom. The number of halogens is 1. The van der Waals surface area contributed by atoms with E-state index in [0.717, 1.165) is 0 Å². The van der Waals surface area contributed by atoms with Crippen LogP contribution in [0.15, 0.2) is 71.2 Å². The molecule has 1 amide bonds. The number of amides is 1. The van der Waals surface area contributed by atoms with E-state index in [1.165, 1.54) is 25.5 Å². The van der Waals surface area contributed by atoms with Gasteiger partial charge in [0, 0.05) is 31.6 Å². The predicted molar refractivity (Wildman–Crippen MR) is 111 cm³/mol. The molecule has 0 N–H and O–H groups in total. The molecule has 1 aliphatic heterocycles. The summed E-state index contributed by atoms with van der Waals surface area (Å²) < 4.78 is 18.7. The number of hydrogen-bond donors (Lipinski definition) is 0. The molecule has 29 heavy (non-hydrogen) atoms. The molecule has 0 saturated heterocycles. The van der Waals surface area contributed by atoms with Crippen molar-refractivity contribution in [3.63, 3.8) is 0 Å². The number of nitrogens with zero attached hydrogens (tertiary/aromatic N) is 3. The number of hydrogen-bond acceptors (Lipinski definition) is 5. The van der Waals surface area contributed by atoms with Crippen LogP contribution >= 0.6 is 0 Å². The van der Waals surface area contributed by atoms with Crippen molar-refractivity contribution in [1.82, 2.24) is 4.90 Å². The Balaban J connectivity index is 2.24. The van der Waals surface area contributed by atoms with E-state index in [4.69, 9.17) is 9.57 Å². The Hall–Kier alpha value is -3.61. The maximum Gasteiger partial charge on any atom is 0.265 e. The Bertz CT molecular complexity index is 977. The molecule has 0 atom stereocenters. The number of allylic oxidation sites excluding steroid dienone is 1. The second-order valence-electron chi connectivity index (χ2n) is 6.53. The summed E-state index contributed by atoms with van der Waals surface area (Å²) in [6.45, 7) is 0. The van der Waals surface area contributed by atoms with Gasteiger partial charge in [0.15, 0.2) is 0 Å². The molecule has 1 aliphatic rings. The Morgan fingerprint density at radius 1 is 1.03 bits per heavy atom. The lowest BCUT2D eigenvalue weighted by Gasteiger charge is -2.18. The minimum atomic E-state index is -0.351. The van der Waals surface area contributed by atoms with Crippen LogP contribution in [0.5, 0.6) is 5.75 Å². The molecule has 0 bridgehead atoms. The van der Waals surface area contributed by atoms with Gasteiger partial charge in [0.2, 0.25) is 0 Å². The van der Waals surface area contributed by atoms with Gasteiger partial charge in [-0.25, -0.2) is 4.39 Å². The number of anilines is 1. The fourth-order valence-corrected chi connectivity index (χ4v) is 3.10. The van der Waals surface area contributed by atoms with Gasteiger partial charge in [0.1, 0.15) is 18.7 Å². The SMILES string of the molecule is CO/N=C\C1=C(c2ccc(F)cc2)C(=C\N(C)C)/C(=O)N1c1ccc(OC)cc1. The minimum Gasteiger partial charge on any atom is -0.497 e. The average Bonchev–Trinajstić information content (AvgIpc) is 2.98. The molecule has 2 aromatic rings. The second-order valence-corrected chi connectivity index (χ2v) is 6.53. The van der Waals surface area contributed by atoms with Crippen LogP contribution in [0.25, 0.3) is 5.57 Å². The van der Waals surface area contributed by atoms with Gasteiger partial charge in [0.25, 0.3) is 5.91 Å². The first-order valence-electron chi connectivity index (χ1n) is 8.90. The molecule has 0 unspecified atom stereocenters. The maximum absolute atomic E-state index is 13.5. The summed E-state index contributed by atoms with van der Waals surface area (Å²) in [6.07, 6.45) is 3.22. The van der Waals surface area contributed by atoms with E-state index in [9.17, 15) is 9.18 Å². The van der Waals surface area contributed by atoms with Gasteiger partial charge >= 0.3 is 0 Å². The molecule has 6 nitrogen and oxygen atoms in total. The first-order chi connectivity index (χ1) is 14.0. The highest BCUT2D eigenvalue weighted by Crippen LogP contribution is 2.39. The quantitative estimate of drug-likeness (QED) is 0.425. The van der Waals surface area contributed by atoms with Gasteiger partial charge in [-0.3, -0.25) is 9.69 Å². The van der Waals surface area contributed by atoms with Crippen molar-refractivity contribution in [2.75, 3.05) is 33.2 Å². The third-order valence-electron chi connectivity index (χ3n) is 4.33. The molecule has 0 radical (unpaired) electrons. The molecule has 150 valence electrons. The van der Waals surface area contributed by atoms with Crippen LogP contribution in [-0.2, 0) is 9.63 Å². The number of rotatable bonds is 6. The zero-order valence-electron chi connectivity index (χ0n) is 16.7. The van der Waals surface area contributed by atoms with Crippen LogP contribution in [-0.4, -0.2) is 45.3 Å². The first-order valence-corrected chi connectivity index (χ1v) is 8.90. The number of carbonyl (C=O) groups is 1. The van der Waals surface area contributed by atoms with E-state index >= 15 is 0 Å². The first kappa shape index (κ1) is 20.1. The van der Waals surface area contributed by atoms with Crippen LogP contribution in [0.2, 0.25) is 0 Å². The zero-order valence-corrected chi connectivity index (χ0v) is 16.7. The predicted octanol–water partition coefficient (Wildman–Crippen LogP) is 3.67. The molecular weight excluding hydrogens is 373 g/mol. The average molecular weight is 395 g/mol. The minimum absolute atomic E-state index is 0.222. The van der Waals surface area contributed by atoms with Crippen LogP contribution in [0, 0.1) is 5.82 Å². The molecule has 3 rings (SSSR count). The highest BCUT2D eigenvalue weighted by atomic mass is 19.1. The molecule has 2 aromatic carbocycles. The molecule has 0 aliphatic carbocycles. The lowest BCUT2D eigenvalue weighted by Crippen LogP contribution is -2.26. The summed E-state index contributed by atoms with van der Waals surface area (Å²) in [5.74, 6) is 0.107. The van der Waals surface area contributed by atoms with E-state index in [-0.39, 0.29) is 11.7 Å². The fraction of sp³-hybridized carbons (Fsp3) is 0.182. The monoisotopic (exact) mass is 395 g/mol. The van der Waals surface area contributed by atoms with Crippen molar-refractivity contribution in [1.29, 1.82) is 0 Å². The smallest absolute Gasteiger partial charge is 0.265 e. The van der Waals surface area contributed by atoms with E-state index in [1.807, 2.05) is 14.1 Å². The summed E-state index contributed by atoms with van der Waals surface area (Å²) in [5.41, 5.74) is 2.98. The van der Waals surface area contributed by atoms with Gasteiger partial charge in [0.05, 0.1) is 24.6 Å². The van der Waals surface area contributed by atoms with Gasteiger partial charge in [-0.15, -0.1) is 0 Å². The Kier molecular flexibility index (Phi) is 5.97. The van der Waals surface area contributed by atoms with Crippen LogP contribution in [0.3, 0.4) is 0 Å². The standard InChI is InChI=1S/C22H22FN3O3/c1-25(2)14-19-21(15-5-7-16(23)8-6-15)20(13-24-29-4)26(22(19)27)17-9-11-18(28-3)12-10-17/h5-14H,1-4H3/b19-14+,24-13-. The molecule has 0 spiro atoms. The van der Waals surface area contributed by atoms with Gasteiger partial charge in [-0.05, 0) is 42.0 Å². The van der Waals surface area contributed by atoms with Crippen molar-refractivity contribution >= 4 is 23.4 Å². The van der Waals surface area contributed by atoms with Gasteiger partial charge < -0.3 is 14.5 Å². The van der Waals surface area contributed by atoms with Crippen molar-refractivity contribution in [2.24, 2.45) is 5.16 Å². The normalized spacial score (nSPS) is 15.6. The maximum atomic E-state index is 13.5. The van der Waals surface area contributed by atoms with Gasteiger partial charge in [-0.1, -0.05) is 17.3 Å². The van der Waals surface area contributed by atoms with Gasteiger partial charge in [-0.2, -0.15) is 0 Å². The summed E-state index contributed by atoms with van der Waals surface area (Å²) in [7, 11) is 6.68. The van der Waals surface area contributed by atoms with Crippen LogP contribution < -0.4 is 9.64 Å². The topological polar surface area (TPSA) is 54.4 Å². The fourth-order valence-electron chi connectivity index (χ4n) is 3.10. The summed E-state index contributed by atoms with van der Waals surface area (Å²) in [4.78, 5) is 21.6. The summed E-state index contributed by atoms with van der Waals surface area (Å²) in [5, 5.41) is 3.89. The molecule has 7 heteroatoms. The Morgan fingerprint density at radius 3 is 2.24 bits per heavy atom. The van der Waals surface area contributed by atoms with Crippen molar-refractivity contribution in [3.8, 4) is 5.75 Å². The largest absolute Gasteiger partial charge is 0.497 e. The van der Waals surface area contributed by atoms with E-state index in [0.29, 0.717) is 33.8 Å². The molecular formula is C22H22FN3O3. The highest BCUT2D eigenvalue weighted by molar-refractivity contribution is 6.28. The Labute approximate surface area is 169 Å². The lowest BCUT2D eigenvalue weighted by atomic mass is 9.99. The lowest BCUT2D eigenvalue weighted by molar-refractivity contribution is -0.114. The third-order valence-corrected chi connectivity index (χ3v) is 4.33. The van der Waals surface area contributed by atoms with E-state index < -0.39 is 0 Å². The van der Waals surface area contributed by atoms with Crippen molar-refractivity contribution in [2.45, 2.75) is 0 Å². The number of carbonyl (C=O) groups excluding carboxylic acids is 1. The number of oxime groups is 1. The summed E-state index contributed by atoms with van der Waals surface area (Å²) >= 11 is 0. The number of ether oxygens (including phenoxy) is 1. The van der Waals surface area contributed by atoms with Crippen molar-refractivity contribution in [3.05, 3.63) is 77.4 Å². The number of methoxy groups -OCH3 is 1. The van der Waals surface area contributed by atoms with E-state index in [1.54, 1.807) is 59.5 Å². The molecule has 0 fully saturated rings.